The van der Waals surface area contributed by atoms with Gasteiger partial charge < -0.3 is 14.8 Å². The molecule has 0 unspecified atom stereocenters. The summed E-state index contributed by atoms with van der Waals surface area (Å²) in [5, 5.41) is 3.78. The number of hydrogen-bond donors (Lipinski definition) is 1. The molecule has 0 bridgehead atoms. The first-order valence-corrected chi connectivity index (χ1v) is 12.7. The molecule has 1 aliphatic heterocycles. The van der Waals surface area contributed by atoms with Gasteiger partial charge in [0.05, 0.1) is 22.7 Å². The highest BCUT2D eigenvalue weighted by Gasteiger charge is 2.47. The number of Topliss-reactive ketones (excluding diaryl/α,β-unsaturated/α-hetero) is 1. The van der Waals surface area contributed by atoms with Gasteiger partial charge in [0, 0.05) is 28.6 Å². The average Bonchev–Trinajstić information content (AvgIpc) is 2.77. The van der Waals surface area contributed by atoms with Crippen molar-refractivity contribution in [3.63, 3.8) is 0 Å². The summed E-state index contributed by atoms with van der Waals surface area (Å²) in [6, 6.07) is 5.10. The second-order valence-corrected chi connectivity index (χ2v) is 10.2. The van der Waals surface area contributed by atoms with E-state index in [1.165, 1.54) is 7.11 Å². The first-order valence-electron chi connectivity index (χ1n) is 10.7. The lowest BCUT2D eigenvalue weighted by Gasteiger charge is -2.38. The second-order valence-electron chi connectivity index (χ2n) is 8.01. The van der Waals surface area contributed by atoms with Crippen LogP contribution in [-0.4, -0.2) is 42.9 Å². The van der Waals surface area contributed by atoms with Crippen LogP contribution in [0.25, 0.3) is 0 Å². The van der Waals surface area contributed by atoms with Crippen LogP contribution in [0.15, 0.2) is 40.7 Å². The van der Waals surface area contributed by atoms with Crippen LogP contribution in [0.1, 0.15) is 38.7 Å². The minimum atomic E-state index is -0.965. The van der Waals surface area contributed by atoms with Gasteiger partial charge in [0.1, 0.15) is 12.5 Å². The fourth-order valence-electron chi connectivity index (χ4n) is 4.42. The summed E-state index contributed by atoms with van der Waals surface area (Å²) in [4.78, 5) is 39.4. The van der Waals surface area contributed by atoms with Gasteiger partial charge in [-0.05, 0) is 36.6 Å². The zero-order chi connectivity index (χ0) is 24.3. The highest BCUT2D eigenvalue weighted by Crippen LogP contribution is 2.47. The fourth-order valence-corrected chi connectivity index (χ4v) is 5.33. The van der Waals surface area contributed by atoms with Gasteiger partial charge in [-0.3, -0.25) is 9.59 Å². The number of thioether (sulfide) groups is 1. The zero-order valence-electron chi connectivity index (χ0n) is 19.0. The Morgan fingerprint density at radius 1 is 1.27 bits per heavy atom. The minimum absolute atomic E-state index is 0.242. The van der Waals surface area contributed by atoms with E-state index in [-0.39, 0.29) is 28.9 Å². The molecule has 1 aliphatic carbocycles. The van der Waals surface area contributed by atoms with Crippen LogP contribution in [-0.2, 0) is 23.9 Å². The number of benzene rings is 1. The van der Waals surface area contributed by atoms with Crippen LogP contribution >= 0.6 is 35.0 Å². The van der Waals surface area contributed by atoms with Crippen molar-refractivity contribution in [1.29, 1.82) is 0 Å². The van der Waals surface area contributed by atoms with E-state index in [0.717, 1.165) is 5.75 Å². The third kappa shape index (κ3) is 5.10. The zero-order valence-corrected chi connectivity index (χ0v) is 21.3. The Bertz CT molecular complexity index is 1040. The SMILES string of the molecule is CCSCCOC(=O)C1=C(C)NC2=C(C(=O)[C@H](C(=O)OC)[C@@H](C)C2)[C@H]1c1cccc(Cl)c1Cl. The smallest absolute Gasteiger partial charge is 0.336 e. The third-order valence-corrected chi connectivity index (χ3v) is 7.62. The number of esters is 2. The lowest BCUT2D eigenvalue weighted by molar-refractivity contribution is -0.151. The Balaban J connectivity index is 2.13. The molecular weight excluding hydrogens is 485 g/mol. The van der Waals surface area contributed by atoms with Crippen molar-refractivity contribution in [2.24, 2.45) is 11.8 Å². The highest BCUT2D eigenvalue weighted by atomic mass is 35.5. The first-order chi connectivity index (χ1) is 15.7. The number of halogens is 2. The second kappa shape index (κ2) is 11.0. The molecule has 1 aromatic rings. The van der Waals surface area contributed by atoms with Crippen molar-refractivity contribution in [2.45, 2.75) is 33.1 Å². The topological polar surface area (TPSA) is 81.7 Å². The summed E-state index contributed by atoms with van der Waals surface area (Å²) in [5.41, 5.74) is 2.38. The molecule has 0 spiro atoms. The summed E-state index contributed by atoms with van der Waals surface area (Å²) in [5.74, 6) is -1.98. The van der Waals surface area contributed by atoms with E-state index in [2.05, 4.69) is 5.32 Å². The number of methoxy groups -OCH3 is 1. The van der Waals surface area contributed by atoms with Gasteiger partial charge >= 0.3 is 11.9 Å². The number of carbonyl (C=O) groups excluding carboxylic acids is 3. The Kier molecular flexibility index (Phi) is 8.54. The lowest BCUT2D eigenvalue weighted by atomic mass is 9.69. The molecule has 3 rings (SSSR count). The maximum absolute atomic E-state index is 13.7. The Morgan fingerprint density at radius 3 is 2.67 bits per heavy atom. The molecule has 1 N–H and O–H groups in total. The maximum Gasteiger partial charge on any atom is 0.336 e. The van der Waals surface area contributed by atoms with Gasteiger partial charge in [0.25, 0.3) is 0 Å². The summed E-state index contributed by atoms with van der Waals surface area (Å²) in [7, 11) is 1.26. The van der Waals surface area contributed by atoms with E-state index < -0.39 is 23.8 Å². The van der Waals surface area contributed by atoms with Gasteiger partial charge in [-0.1, -0.05) is 49.2 Å². The fraction of sp³-hybridized carbons (Fsp3) is 0.458. The summed E-state index contributed by atoms with van der Waals surface area (Å²) >= 11 is 14.5. The van der Waals surface area contributed by atoms with Crippen molar-refractivity contribution in [3.8, 4) is 0 Å². The van der Waals surface area contributed by atoms with Crippen LogP contribution in [0, 0.1) is 11.8 Å². The summed E-state index contributed by atoms with van der Waals surface area (Å²) in [6.45, 7) is 5.88. The molecule has 0 saturated heterocycles. The lowest BCUT2D eigenvalue weighted by Crippen LogP contribution is -2.43. The van der Waals surface area contributed by atoms with Gasteiger partial charge in [0.15, 0.2) is 5.78 Å². The highest BCUT2D eigenvalue weighted by molar-refractivity contribution is 7.99. The molecule has 3 atom stereocenters. The van der Waals surface area contributed by atoms with E-state index in [0.29, 0.717) is 39.7 Å². The molecule has 1 heterocycles. The van der Waals surface area contributed by atoms with E-state index in [1.807, 2.05) is 13.8 Å². The van der Waals surface area contributed by atoms with Crippen LogP contribution in [0.3, 0.4) is 0 Å². The number of ether oxygens (including phenoxy) is 2. The number of nitrogens with one attached hydrogen (secondary N) is 1. The van der Waals surface area contributed by atoms with Gasteiger partial charge in [-0.25, -0.2) is 4.79 Å². The molecular formula is C24H27Cl2NO5S. The van der Waals surface area contributed by atoms with Crippen molar-refractivity contribution in [3.05, 3.63) is 56.3 Å². The Hall–Kier alpha value is -1.96. The normalized spacial score (nSPS) is 22.6. The Labute approximate surface area is 208 Å². The van der Waals surface area contributed by atoms with Crippen molar-refractivity contribution in [1.82, 2.24) is 5.32 Å². The summed E-state index contributed by atoms with van der Waals surface area (Å²) in [6.07, 6.45) is 0.447. The van der Waals surface area contributed by atoms with Gasteiger partial charge in [0.2, 0.25) is 0 Å². The number of rotatable bonds is 7. The molecule has 0 fully saturated rings. The van der Waals surface area contributed by atoms with Gasteiger partial charge in [-0.15, -0.1) is 0 Å². The predicted octanol–water partition coefficient (Wildman–Crippen LogP) is 4.90. The Morgan fingerprint density at radius 2 is 2.00 bits per heavy atom. The number of dihydropyridines is 1. The van der Waals surface area contributed by atoms with Crippen LogP contribution in [0.4, 0.5) is 0 Å². The molecule has 9 heteroatoms. The largest absolute Gasteiger partial charge is 0.468 e. The van der Waals surface area contributed by atoms with Crippen molar-refractivity contribution >= 4 is 52.7 Å². The van der Waals surface area contributed by atoms with E-state index in [1.54, 1.807) is 36.9 Å². The maximum atomic E-state index is 13.7. The molecule has 2 aliphatic rings. The van der Waals surface area contributed by atoms with Crippen LogP contribution in [0.5, 0.6) is 0 Å². The molecule has 6 nitrogen and oxygen atoms in total. The van der Waals surface area contributed by atoms with Crippen molar-refractivity contribution < 1.29 is 23.9 Å². The van der Waals surface area contributed by atoms with E-state index in [4.69, 9.17) is 32.7 Å². The number of carbonyl (C=O) groups is 3. The van der Waals surface area contributed by atoms with Gasteiger partial charge in [-0.2, -0.15) is 11.8 Å². The molecule has 0 saturated carbocycles. The third-order valence-electron chi connectivity index (χ3n) is 5.92. The standard InChI is InChI=1S/C24H27Cl2NO5S/c1-5-33-10-9-32-24(30)18-13(3)27-16-11-12(2)17(23(29)31-4)22(28)20(16)19(18)14-7-6-8-15(25)21(14)26/h6-8,12,17,19,27H,5,9-11H2,1-4H3/t12-,17+,19-/m0/s1. The molecule has 0 aromatic heterocycles. The molecule has 1 aromatic carbocycles. The predicted molar refractivity (Wildman–Crippen MR) is 130 cm³/mol. The average molecular weight is 512 g/mol. The van der Waals surface area contributed by atoms with Crippen molar-refractivity contribution in [2.75, 3.05) is 25.2 Å². The molecule has 0 radical (unpaired) electrons. The van der Waals surface area contributed by atoms with E-state index >= 15 is 0 Å². The molecule has 0 amide bonds. The molecule has 178 valence electrons. The quantitative estimate of drug-likeness (QED) is 0.316. The first kappa shape index (κ1) is 25.7. The van der Waals surface area contributed by atoms with E-state index in [9.17, 15) is 14.4 Å². The number of hydrogen-bond acceptors (Lipinski definition) is 7. The molecule has 33 heavy (non-hydrogen) atoms. The summed E-state index contributed by atoms with van der Waals surface area (Å²) < 4.78 is 10.5. The number of allylic oxidation sites excluding steroid dienone is 3. The van der Waals surface area contributed by atoms with Crippen LogP contribution < -0.4 is 5.32 Å². The number of ketones is 1. The minimum Gasteiger partial charge on any atom is -0.468 e. The monoisotopic (exact) mass is 511 g/mol. The van der Waals surface area contributed by atoms with Crippen LogP contribution in [0.2, 0.25) is 10.0 Å².